The average Bonchev–Trinajstić information content (AvgIpc) is 3.40. The standard InChI is InChI=1S/C29H31FN2O5/c1-19(2)28(33)32-11-10-20-6-7-23(17-25(20)27(32)21-4-3-5-22(30)16-21)36-18-24-8-9-26(37-24)29(34)31-12-14-35-15-13-31/h3-9,16-17,19,27H,10-15,18H2,1-2H3/t27-/m1/s1. The van der Waals surface area contributed by atoms with Gasteiger partial charge in [-0.2, -0.15) is 0 Å². The van der Waals surface area contributed by atoms with Crippen LogP contribution in [0.15, 0.2) is 59.0 Å². The molecule has 2 aromatic carbocycles. The SMILES string of the molecule is CC(C)C(=O)N1CCc2ccc(OCc3ccc(C(=O)N4CCOCC4)o3)cc2[C@H]1c1cccc(F)c1. The van der Waals surface area contributed by atoms with Crippen molar-refractivity contribution < 1.29 is 27.9 Å². The molecule has 0 N–H and O–H groups in total. The molecule has 3 heterocycles. The summed E-state index contributed by atoms with van der Waals surface area (Å²) in [5, 5.41) is 0. The predicted molar refractivity (Wildman–Crippen MR) is 135 cm³/mol. The summed E-state index contributed by atoms with van der Waals surface area (Å²) in [7, 11) is 0. The van der Waals surface area contributed by atoms with Crippen LogP contribution in [0.4, 0.5) is 4.39 Å². The molecule has 0 spiro atoms. The third kappa shape index (κ3) is 5.39. The van der Waals surface area contributed by atoms with Gasteiger partial charge in [0.25, 0.3) is 5.91 Å². The predicted octanol–water partition coefficient (Wildman–Crippen LogP) is 4.60. The molecular weight excluding hydrogens is 475 g/mol. The van der Waals surface area contributed by atoms with Gasteiger partial charge in [0.1, 0.15) is 23.9 Å². The van der Waals surface area contributed by atoms with Crippen LogP contribution in [0.1, 0.15) is 52.9 Å². The fourth-order valence-electron chi connectivity index (χ4n) is 4.94. The largest absolute Gasteiger partial charge is 0.486 e. The molecule has 3 aromatic rings. The Morgan fingerprint density at radius 3 is 2.62 bits per heavy atom. The van der Waals surface area contributed by atoms with Crippen molar-refractivity contribution in [3.8, 4) is 5.75 Å². The highest BCUT2D eigenvalue weighted by molar-refractivity contribution is 5.91. The number of ether oxygens (including phenoxy) is 2. The first-order chi connectivity index (χ1) is 17.9. The molecule has 37 heavy (non-hydrogen) atoms. The van der Waals surface area contributed by atoms with Crippen LogP contribution >= 0.6 is 0 Å². The van der Waals surface area contributed by atoms with Crippen LogP contribution < -0.4 is 4.74 Å². The number of furan rings is 1. The summed E-state index contributed by atoms with van der Waals surface area (Å²) in [5.74, 6) is 0.777. The quantitative estimate of drug-likeness (QED) is 0.489. The van der Waals surface area contributed by atoms with Crippen molar-refractivity contribution in [1.82, 2.24) is 9.80 Å². The van der Waals surface area contributed by atoms with Gasteiger partial charge in [-0.25, -0.2) is 4.39 Å². The summed E-state index contributed by atoms with van der Waals surface area (Å²) in [6.07, 6.45) is 0.713. The van der Waals surface area contributed by atoms with Crippen LogP contribution in [0, 0.1) is 11.7 Å². The summed E-state index contributed by atoms with van der Waals surface area (Å²) in [4.78, 5) is 29.3. The Morgan fingerprint density at radius 2 is 1.86 bits per heavy atom. The number of benzene rings is 2. The van der Waals surface area contributed by atoms with Gasteiger partial charge >= 0.3 is 0 Å². The summed E-state index contributed by atoms with van der Waals surface area (Å²) >= 11 is 0. The van der Waals surface area contributed by atoms with Crippen molar-refractivity contribution >= 4 is 11.8 Å². The third-order valence-corrected chi connectivity index (χ3v) is 6.84. The van der Waals surface area contributed by atoms with Crippen LogP contribution in [0.3, 0.4) is 0 Å². The minimum atomic E-state index is -0.403. The fourth-order valence-corrected chi connectivity index (χ4v) is 4.94. The summed E-state index contributed by atoms with van der Waals surface area (Å²) in [6, 6.07) is 15.2. The van der Waals surface area contributed by atoms with Crippen LogP contribution in [0.2, 0.25) is 0 Å². The topological polar surface area (TPSA) is 72.2 Å². The number of carbonyl (C=O) groups is 2. The van der Waals surface area contributed by atoms with E-state index in [9.17, 15) is 14.0 Å². The van der Waals surface area contributed by atoms with Crippen LogP contribution in [-0.4, -0.2) is 54.5 Å². The number of halogens is 1. The minimum absolute atomic E-state index is 0.0271. The van der Waals surface area contributed by atoms with E-state index < -0.39 is 6.04 Å². The van der Waals surface area contributed by atoms with E-state index in [2.05, 4.69) is 0 Å². The zero-order valence-electron chi connectivity index (χ0n) is 21.1. The van der Waals surface area contributed by atoms with E-state index in [-0.39, 0.29) is 35.9 Å². The summed E-state index contributed by atoms with van der Waals surface area (Å²) in [6.45, 7) is 6.61. The Hall–Kier alpha value is -3.65. The lowest BCUT2D eigenvalue weighted by Gasteiger charge is -2.39. The Morgan fingerprint density at radius 1 is 1.05 bits per heavy atom. The lowest BCUT2D eigenvalue weighted by atomic mass is 9.87. The van der Waals surface area contributed by atoms with Gasteiger partial charge in [0.15, 0.2) is 5.76 Å². The average molecular weight is 507 g/mol. The van der Waals surface area contributed by atoms with Gasteiger partial charge in [-0.1, -0.05) is 32.0 Å². The smallest absolute Gasteiger partial charge is 0.289 e. The molecule has 2 aliphatic heterocycles. The van der Waals surface area contributed by atoms with Crippen molar-refractivity contribution in [2.24, 2.45) is 5.92 Å². The Kier molecular flexibility index (Phi) is 7.28. The first-order valence-electron chi connectivity index (χ1n) is 12.7. The second kappa shape index (κ2) is 10.8. The minimum Gasteiger partial charge on any atom is -0.486 e. The highest BCUT2D eigenvalue weighted by Gasteiger charge is 2.33. The number of carbonyl (C=O) groups excluding carboxylic acids is 2. The molecule has 0 unspecified atom stereocenters. The normalized spacial score (nSPS) is 17.6. The van der Waals surface area contributed by atoms with E-state index in [0.717, 1.165) is 16.7 Å². The second-order valence-corrected chi connectivity index (χ2v) is 9.71. The molecule has 0 bridgehead atoms. The van der Waals surface area contributed by atoms with Crippen molar-refractivity contribution in [1.29, 1.82) is 0 Å². The lowest BCUT2D eigenvalue weighted by Crippen LogP contribution is -2.42. The van der Waals surface area contributed by atoms with E-state index in [1.807, 2.05) is 43.0 Å². The molecule has 1 aromatic heterocycles. The molecule has 2 aliphatic rings. The van der Waals surface area contributed by atoms with E-state index in [1.165, 1.54) is 12.1 Å². The first kappa shape index (κ1) is 25.0. The molecule has 8 heteroatoms. The van der Waals surface area contributed by atoms with Crippen LogP contribution in [0.25, 0.3) is 0 Å². The van der Waals surface area contributed by atoms with E-state index >= 15 is 0 Å². The molecule has 5 rings (SSSR count). The number of amides is 2. The van der Waals surface area contributed by atoms with Gasteiger partial charge in [-0.15, -0.1) is 0 Å². The molecule has 1 fully saturated rings. The Bertz CT molecular complexity index is 1280. The molecule has 0 aliphatic carbocycles. The fraction of sp³-hybridized carbons (Fsp3) is 0.379. The van der Waals surface area contributed by atoms with Crippen LogP contribution in [-0.2, 0) is 22.6 Å². The lowest BCUT2D eigenvalue weighted by molar-refractivity contribution is -0.136. The number of hydrogen-bond acceptors (Lipinski definition) is 5. The first-order valence-corrected chi connectivity index (χ1v) is 12.7. The van der Waals surface area contributed by atoms with E-state index in [1.54, 1.807) is 23.1 Å². The van der Waals surface area contributed by atoms with Gasteiger partial charge in [0, 0.05) is 25.6 Å². The maximum atomic E-state index is 14.2. The molecule has 2 amide bonds. The van der Waals surface area contributed by atoms with Crippen molar-refractivity contribution in [3.05, 3.63) is 88.6 Å². The van der Waals surface area contributed by atoms with Crippen molar-refractivity contribution in [2.75, 3.05) is 32.8 Å². The maximum Gasteiger partial charge on any atom is 0.289 e. The molecule has 1 saturated heterocycles. The zero-order valence-corrected chi connectivity index (χ0v) is 21.1. The van der Waals surface area contributed by atoms with E-state index in [0.29, 0.717) is 50.8 Å². The second-order valence-electron chi connectivity index (χ2n) is 9.71. The Balaban J connectivity index is 1.36. The number of rotatable bonds is 6. The summed E-state index contributed by atoms with van der Waals surface area (Å²) in [5.41, 5.74) is 2.75. The number of hydrogen-bond donors (Lipinski definition) is 0. The third-order valence-electron chi connectivity index (χ3n) is 6.84. The van der Waals surface area contributed by atoms with Crippen molar-refractivity contribution in [2.45, 2.75) is 32.9 Å². The Labute approximate surface area is 215 Å². The summed E-state index contributed by atoms with van der Waals surface area (Å²) < 4.78 is 31.3. The van der Waals surface area contributed by atoms with Gasteiger partial charge in [-0.05, 0) is 59.5 Å². The number of fused-ring (bicyclic) bond motifs is 1. The van der Waals surface area contributed by atoms with Crippen LogP contribution in [0.5, 0.6) is 5.75 Å². The van der Waals surface area contributed by atoms with Gasteiger partial charge in [0.05, 0.1) is 19.3 Å². The number of nitrogens with zero attached hydrogens (tertiary/aromatic N) is 2. The van der Waals surface area contributed by atoms with Gasteiger partial charge < -0.3 is 23.7 Å². The van der Waals surface area contributed by atoms with Gasteiger partial charge in [0.2, 0.25) is 5.91 Å². The molecule has 7 nitrogen and oxygen atoms in total. The molecular formula is C29H31FN2O5. The zero-order chi connectivity index (χ0) is 25.9. The van der Waals surface area contributed by atoms with E-state index in [4.69, 9.17) is 13.9 Å². The monoisotopic (exact) mass is 506 g/mol. The highest BCUT2D eigenvalue weighted by atomic mass is 19.1. The molecule has 194 valence electrons. The van der Waals surface area contributed by atoms with Gasteiger partial charge in [-0.3, -0.25) is 9.59 Å². The molecule has 1 atom stereocenters. The van der Waals surface area contributed by atoms with Crippen molar-refractivity contribution in [3.63, 3.8) is 0 Å². The number of morpholine rings is 1. The molecule has 0 radical (unpaired) electrons. The maximum absolute atomic E-state index is 14.2. The highest BCUT2D eigenvalue weighted by Crippen LogP contribution is 2.38. The molecule has 0 saturated carbocycles.